The van der Waals surface area contributed by atoms with Crippen molar-refractivity contribution >= 4 is 17.6 Å². The average molecular weight is 430 g/mol. The van der Waals surface area contributed by atoms with E-state index in [-0.39, 0.29) is 5.91 Å². The van der Waals surface area contributed by atoms with Crippen molar-refractivity contribution in [1.29, 1.82) is 0 Å². The summed E-state index contributed by atoms with van der Waals surface area (Å²) in [5, 5.41) is 9.99. The molecular formula is C24H39N5O2. The highest BCUT2D eigenvalue weighted by Gasteiger charge is 2.19. The average Bonchev–Trinajstić information content (AvgIpc) is 2.79. The number of carbonyl (C=O) groups is 1. The summed E-state index contributed by atoms with van der Waals surface area (Å²) in [4.78, 5) is 19.4. The summed E-state index contributed by atoms with van der Waals surface area (Å²) in [5.74, 6) is 1.76. The molecule has 1 saturated carbocycles. The third-order valence-corrected chi connectivity index (χ3v) is 6.09. The molecule has 172 valence electrons. The fourth-order valence-electron chi connectivity index (χ4n) is 4.14. The predicted octanol–water partition coefficient (Wildman–Crippen LogP) is 2.98. The second kappa shape index (κ2) is 12.7. The van der Waals surface area contributed by atoms with Crippen molar-refractivity contribution in [3.8, 4) is 0 Å². The fraction of sp³-hybridized carbons (Fsp3) is 0.667. The van der Waals surface area contributed by atoms with E-state index >= 15 is 0 Å². The number of benzene rings is 1. The first-order valence-electron chi connectivity index (χ1n) is 11.9. The Morgan fingerprint density at radius 3 is 2.71 bits per heavy atom. The molecular weight excluding hydrogens is 390 g/mol. The number of ether oxygens (including phenoxy) is 1. The normalized spacial score (nSPS) is 22.7. The lowest BCUT2D eigenvalue weighted by atomic mass is 9.87. The van der Waals surface area contributed by atoms with Crippen LogP contribution in [0.2, 0.25) is 0 Å². The van der Waals surface area contributed by atoms with Crippen LogP contribution in [0.4, 0.5) is 5.69 Å². The summed E-state index contributed by atoms with van der Waals surface area (Å²) in [6, 6.07) is 8.49. The van der Waals surface area contributed by atoms with Crippen LogP contribution in [-0.2, 0) is 16.1 Å². The van der Waals surface area contributed by atoms with Gasteiger partial charge in [0.25, 0.3) is 0 Å². The number of carbonyl (C=O) groups excluding carboxylic acids is 1. The Kier molecular flexibility index (Phi) is 9.62. The van der Waals surface area contributed by atoms with Crippen LogP contribution >= 0.6 is 0 Å². The molecule has 31 heavy (non-hydrogen) atoms. The van der Waals surface area contributed by atoms with Gasteiger partial charge in [0, 0.05) is 44.3 Å². The van der Waals surface area contributed by atoms with E-state index in [0.29, 0.717) is 19.0 Å². The van der Waals surface area contributed by atoms with Gasteiger partial charge in [0.05, 0.1) is 19.8 Å². The second-order valence-electron chi connectivity index (χ2n) is 8.75. The summed E-state index contributed by atoms with van der Waals surface area (Å²) in [6.07, 6.45) is 5.47. The number of rotatable bonds is 8. The molecule has 1 aliphatic carbocycles. The second-order valence-corrected chi connectivity index (χ2v) is 8.75. The van der Waals surface area contributed by atoms with Gasteiger partial charge in [0.15, 0.2) is 5.96 Å². The number of nitrogens with one attached hydrogen (secondary N) is 3. The molecule has 0 radical (unpaired) electrons. The Balaban J connectivity index is 1.48. The van der Waals surface area contributed by atoms with Crippen molar-refractivity contribution in [2.24, 2.45) is 10.9 Å². The molecule has 1 aromatic rings. The smallest absolute Gasteiger partial charge is 0.225 e. The number of nitrogens with zero attached hydrogens (tertiary/aromatic N) is 2. The maximum Gasteiger partial charge on any atom is 0.225 e. The zero-order valence-electron chi connectivity index (χ0n) is 19.2. The monoisotopic (exact) mass is 429 g/mol. The summed E-state index contributed by atoms with van der Waals surface area (Å²) in [6.45, 7) is 9.95. The number of anilines is 1. The number of amides is 1. The predicted molar refractivity (Wildman–Crippen MR) is 126 cm³/mol. The van der Waals surface area contributed by atoms with Gasteiger partial charge < -0.3 is 20.7 Å². The lowest BCUT2D eigenvalue weighted by molar-refractivity contribution is -0.116. The van der Waals surface area contributed by atoms with Gasteiger partial charge in [-0.15, -0.1) is 0 Å². The van der Waals surface area contributed by atoms with Crippen molar-refractivity contribution in [3.63, 3.8) is 0 Å². The summed E-state index contributed by atoms with van der Waals surface area (Å²) in [5.41, 5.74) is 1.92. The Hall–Kier alpha value is -2.12. The maximum absolute atomic E-state index is 12.3. The van der Waals surface area contributed by atoms with Gasteiger partial charge in [-0.05, 0) is 56.2 Å². The van der Waals surface area contributed by atoms with E-state index in [1.54, 1.807) is 0 Å². The Bertz CT molecular complexity index is 710. The molecule has 2 aliphatic rings. The molecule has 1 aliphatic heterocycles. The van der Waals surface area contributed by atoms with Gasteiger partial charge in [0.1, 0.15) is 0 Å². The van der Waals surface area contributed by atoms with E-state index in [1.807, 2.05) is 18.2 Å². The van der Waals surface area contributed by atoms with Crippen molar-refractivity contribution in [3.05, 3.63) is 29.8 Å². The highest BCUT2D eigenvalue weighted by Crippen LogP contribution is 2.23. The van der Waals surface area contributed by atoms with E-state index in [9.17, 15) is 4.79 Å². The van der Waals surface area contributed by atoms with E-state index in [1.165, 1.54) is 25.7 Å². The van der Waals surface area contributed by atoms with Gasteiger partial charge in [-0.25, -0.2) is 4.99 Å². The maximum atomic E-state index is 12.3. The molecule has 2 fully saturated rings. The number of guanidine groups is 1. The zero-order chi connectivity index (χ0) is 21.9. The van der Waals surface area contributed by atoms with Crippen molar-refractivity contribution in [1.82, 2.24) is 15.5 Å². The summed E-state index contributed by atoms with van der Waals surface area (Å²) in [7, 11) is 0. The van der Waals surface area contributed by atoms with Gasteiger partial charge in [-0.2, -0.15) is 0 Å². The Labute approximate surface area is 187 Å². The Morgan fingerprint density at radius 1 is 1.19 bits per heavy atom. The Morgan fingerprint density at radius 2 is 1.97 bits per heavy atom. The van der Waals surface area contributed by atoms with Gasteiger partial charge in [-0.3, -0.25) is 9.69 Å². The molecule has 7 heteroatoms. The van der Waals surface area contributed by atoms with Gasteiger partial charge in [-0.1, -0.05) is 19.1 Å². The lowest BCUT2D eigenvalue weighted by Gasteiger charge is -2.28. The standard InChI is InChI=1S/C24H39N5O2/c1-3-25-24(28-21-9-7-19(2)8-10-21)26-18-20-5-4-6-22(17-20)27-23(30)11-12-29-13-15-31-16-14-29/h4-6,17,19,21H,3,7-16,18H2,1-2H3,(H,27,30)(H2,25,26,28). The molecule has 7 nitrogen and oxygen atoms in total. The molecule has 3 rings (SSSR count). The van der Waals surface area contributed by atoms with E-state index < -0.39 is 0 Å². The van der Waals surface area contributed by atoms with E-state index in [2.05, 4.69) is 40.8 Å². The van der Waals surface area contributed by atoms with Crippen LogP contribution in [0, 0.1) is 5.92 Å². The summed E-state index contributed by atoms with van der Waals surface area (Å²) >= 11 is 0. The first-order chi connectivity index (χ1) is 15.1. The molecule has 0 atom stereocenters. The van der Waals surface area contributed by atoms with Crippen LogP contribution in [0.15, 0.2) is 29.3 Å². The van der Waals surface area contributed by atoms with Crippen molar-refractivity contribution in [2.45, 2.75) is 58.5 Å². The first-order valence-corrected chi connectivity index (χ1v) is 11.9. The quantitative estimate of drug-likeness (QED) is 0.437. The summed E-state index contributed by atoms with van der Waals surface area (Å²) < 4.78 is 5.36. The number of morpholine rings is 1. The molecule has 1 amide bonds. The largest absolute Gasteiger partial charge is 0.379 e. The molecule has 0 spiro atoms. The number of hydrogen-bond acceptors (Lipinski definition) is 4. The topological polar surface area (TPSA) is 78.0 Å². The molecule has 1 saturated heterocycles. The minimum atomic E-state index is 0.0497. The minimum Gasteiger partial charge on any atom is -0.379 e. The highest BCUT2D eigenvalue weighted by atomic mass is 16.5. The third-order valence-electron chi connectivity index (χ3n) is 6.09. The van der Waals surface area contributed by atoms with Crippen LogP contribution < -0.4 is 16.0 Å². The third kappa shape index (κ3) is 8.50. The molecule has 0 aromatic heterocycles. The van der Waals surface area contributed by atoms with E-state index in [4.69, 9.17) is 9.73 Å². The van der Waals surface area contributed by atoms with Crippen molar-refractivity contribution < 1.29 is 9.53 Å². The molecule has 1 heterocycles. The molecule has 1 aromatic carbocycles. The van der Waals surface area contributed by atoms with Crippen LogP contribution in [0.3, 0.4) is 0 Å². The van der Waals surface area contributed by atoms with Crippen LogP contribution in [0.25, 0.3) is 0 Å². The molecule has 0 bridgehead atoms. The molecule has 3 N–H and O–H groups in total. The van der Waals surface area contributed by atoms with E-state index in [0.717, 1.165) is 62.5 Å². The van der Waals surface area contributed by atoms with Crippen LogP contribution in [-0.4, -0.2) is 62.2 Å². The fourth-order valence-corrected chi connectivity index (χ4v) is 4.14. The highest BCUT2D eigenvalue weighted by molar-refractivity contribution is 5.90. The van der Waals surface area contributed by atoms with Crippen molar-refractivity contribution in [2.75, 3.05) is 44.7 Å². The van der Waals surface area contributed by atoms with Crippen LogP contribution in [0.1, 0.15) is 51.5 Å². The number of hydrogen-bond donors (Lipinski definition) is 3. The SMILES string of the molecule is CCNC(=NCc1cccc(NC(=O)CCN2CCOCC2)c1)NC1CCC(C)CC1. The zero-order valence-corrected chi connectivity index (χ0v) is 19.2. The number of aliphatic imine (C=N–C) groups is 1. The molecule has 0 unspecified atom stereocenters. The first kappa shape index (κ1) is 23.5. The minimum absolute atomic E-state index is 0.0497. The van der Waals surface area contributed by atoms with Gasteiger partial charge >= 0.3 is 0 Å². The van der Waals surface area contributed by atoms with Crippen LogP contribution in [0.5, 0.6) is 0 Å². The van der Waals surface area contributed by atoms with Gasteiger partial charge in [0.2, 0.25) is 5.91 Å². The lowest BCUT2D eigenvalue weighted by Crippen LogP contribution is -2.44.